The second-order valence-corrected chi connectivity index (χ2v) is 7.39. The number of pyridine rings is 1. The molecule has 0 saturated heterocycles. The molecule has 0 fully saturated rings. The van der Waals surface area contributed by atoms with Gasteiger partial charge in [-0.2, -0.15) is 0 Å². The number of nitrogens with zero attached hydrogens (tertiary/aromatic N) is 2. The molecule has 142 valence electrons. The molecule has 6 nitrogen and oxygen atoms in total. The lowest BCUT2D eigenvalue weighted by Crippen LogP contribution is -2.29. The molecular weight excluding hydrogens is 399 g/mol. The van der Waals surface area contributed by atoms with Crippen LogP contribution in [0.2, 0.25) is 10.0 Å². The first kappa shape index (κ1) is 18.6. The van der Waals surface area contributed by atoms with Crippen LogP contribution in [0.4, 0.5) is 0 Å². The van der Waals surface area contributed by atoms with Crippen LogP contribution in [0.15, 0.2) is 47.3 Å². The highest BCUT2D eigenvalue weighted by atomic mass is 35.5. The Balaban J connectivity index is 2.12. The van der Waals surface area contributed by atoms with Crippen LogP contribution in [0.3, 0.4) is 0 Å². The molecule has 4 aromatic rings. The molecule has 0 aliphatic heterocycles. The highest BCUT2D eigenvalue weighted by Gasteiger charge is 2.18. The summed E-state index contributed by atoms with van der Waals surface area (Å²) in [4.78, 5) is 25.0. The van der Waals surface area contributed by atoms with E-state index in [1.165, 1.54) is 0 Å². The summed E-state index contributed by atoms with van der Waals surface area (Å²) < 4.78 is 3.50. The summed E-state index contributed by atoms with van der Waals surface area (Å²) in [5.41, 5.74) is 5.07. The summed E-state index contributed by atoms with van der Waals surface area (Å²) in [6.07, 6.45) is 0. The Morgan fingerprint density at radius 2 is 1.71 bits per heavy atom. The number of hydrogen-bond acceptors (Lipinski definition) is 3. The number of halogens is 2. The summed E-state index contributed by atoms with van der Waals surface area (Å²) in [5, 5.41) is 2.55. The number of amides is 1. The summed E-state index contributed by atoms with van der Waals surface area (Å²) >= 11 is 12.3. The van der Waals surface area contributed by atoms with Gasteiger partial charge in [0, 0.05) is 46.6 Å². The molecule has 0 atom stereocenters. The quantitative estimate of drug-likeness (QED) is 0.298. The first-order valence-electron chi connectivity index (χ1n) is 8.42. The van der Waals surface area contributed by atoms with Crippen molar-refractivity contribution in [3.8, 4) is 11.1 Å². The Bertz CT molecular complexity index is 1340. The van der Waals surface area contributed by atoms with Crippen molar-refractivity contribution < 1.29 is 4.79 Å². The van der Waals surface area contributed by atoms with E-state index in [4.69, 9.17) is 29.0 Å². The van der Waals surface area contributed by atoms with Gasteiger partial charge in [0.05, 0.1) is 10.5 Å². The van der Waals surface area contributed by atoms with Gasteiger partial charge >= 0.3 is 0 Å². The van der Waals surface area contributed by atoms with Gasteiger partial charge in [-0.05, 0) is 36.4 Å². The number of nitrogen functional groups attached to an aromatic ring is 1. The van der Waals surface area contributed by atoms with Gasteiger partial charge in [0.25, 0.3) is 11.5 Å². The van der Waals surface area contributed by atoms with E-state index in [9.17, 15) is 9.59 Å². The molecule has 0 bridgehead atoms. The number of aryl methyl sites for hydroxylation is 2. The van der Waals surface area contributed by atoms with Crippen LogP contribution in [-0.2, 0) is 14.1 Å². The lowest BCUT2D eigenvalue weighted by molar-refractivity contribution is 0.0954. The van der Waals surface area contributed by atoms with E-state index in [0.717, 1.165) is 21.9 Å². The second kappa shape index (κ2) is 6.67. The lowest BCUT2D eigenvalue weighted by Gasteiger charge is -2.09. The van der Waals surface area contributed by atoms with E-state index >= 15 is 0 Å². The van der Waals surface area contributed by atoms with Crippen molar-refractivity contribution in [2.24, 2.45) is 19.9 Å². The fourth-order valence-electron chi connectivity index (χ4n) is 3.62. The zero-order valence-corrected chi connectivity index (χ0v) is 16.6. The molecule has 2 aromatic heterocycles. The van der Waals surface area contributed by atoms with Gasteiger partial charge in [-0.1, -0.05) is 29.3 Å². The summed E-state index contributed by atoms with van der Waals surface area (Å²) in [6.45, 7) is 0. The SMILES string of the molecule is Cn1c(=O)c(-c2ccc(Cl)cc2Cl)cc2c3cc(C(=O)NN)ccc3n(C)c21. The Morgan fingerprint density at radius 3 is 2.39 bits per heavy atom. The molecule has 28 heavy (non-hydrogen) atoms. The van der Waals surface area contributed by atoms with Crippen molar-refractivity contribution in [3.05, 3.63) is 68.4 Å². The molecule has 2 aromatic carbocycles. The van der Waals surface area contributed by atoms with E-state index in [0.29, 0.717) is 26.7 Å². The number of hydrazine groups is 1. The maximum absolute atomic E-state index is 13.0. The highest BCUT2D eigenvalue weighted by Crippen LogP contribution is 2.33. The minimum Gasteiger partial charge on any atom is -0.330 e. The monoisotopic (exact) mass is 414 g/mol. The van der Waals surface area contributed by atoms with Gasteiger partial charge in [0.15, 0.2) is 0 Å². The number of carbonyl (C=O) groups excluding carboxylic acids is 1. The average molecular weight is 415 g/mol. The number of nitrogens with two attached hydrogens (primary N) is 1. The zero-order valence-electron chi connectivity index (χ0n) is 15.1. The molecule has 0 aliphatic carbocycles. The van der Waals surface area contributed by atoms with Crippen LogP contribution in [0.5, 0.6) is 0 Å². The van der Waals surface area contributed by atoms with Crippen molar-refractivity contribution in [1.29, 1.82) is 0 Å². The highest BCUT2D eigenvalue weighted by molar-refractivity contribution is 6.36. The van der Waals surface area contributed by atoms with Gasteiger partial charge in [-0.15, -0.1) is 0 Å². The van der Waals surface area contributed by atoms with Gasteiger partial charge in [0.2, 0.25) is 0 Å². The zero-order chi connectivity index (χ0) is 20.2. The second-order valence-electron chi connectivity index (χ2n) is 6.55. The minimum absolute atomic E-state index is 0.178. The van der Waals surface area contributed by atoms with Crippen LogP contribution < -0.4 is 16.8 Å². The van der Waals surface area contributed by atoms with Crippen molar-refractivity contribution in [3.63, 3.8) is 0 Å². The Kier molecular flexibility index (Phi) is 4.42. The Labute approximate surface area is 170 Å². The molecule has 0 radical (unpaired) electrons. The number of benzene rings is 2. The maximum Gasteiger partial charge on any atom is 0.265 e. The molecule has 0 aliphatic rings. The molecule has 0 unspecified atom stereocenters. The third-order valence-corrected chi connectivity index (χ3v) is 5.51. The first-order chi connectivity index (χ1) is 13.3. The predicted octanol–water partition coefficient (Wildman–Crippen LogP) is 3.61. The molecule has 0 saturated carbocycles. The summed E-state index contributed by atoms with van der Waals surface area (Å²) in [5.74, 6) is 4.88. The van der Waals surface area contributed by atoms with Crippen LogP contribution >= 0.6 is 23.2 Å². The van der Waals surface area contributed by atoms with Crippen LogP contribution in [0, 0.1) is 0 Å². The van der Waals surface area contributed by atoms with Crippen molar-refractivity contribution in [2.45, 2.75) is 0 Å². The van der Waals surface area contributed by atoms with E-state index in [2.05, 4.69) is 5.43 Å². The summed E-state index contributed by atoms with van der Waals surface area (Å²) in [6, 6.07) is 12.1. The van der Waals surface area contributed by atoms with Crippen molar-refractivity contribution >= 4 is 51.0 Å². The Morgan fingerprint density at radius 1 is 0.964 bits per heavy atom. The fraction of sp³-hybridized carbons (Fsp3) is 0.100. The number of hydrogen-bond donors (Lipinski definition) is 2. The van der Waals surface area contributed by atoms with Crippen molar-refractivity contribution in [1.82, 2.24) is 14.6 Å². The van der Waals surface area contributed by atoms with E-state index in [-0.39, 0.29) is 11.5 Å². The third kappa shape index (κ3) is 2.69. The topological polar surface area (TPSA) is 82.1 Å². The van der Waals surface area contributed by atoms with Crippen LogP contribution in [0.1, 0.15) is 10.4 Å². The molecule has 3 N–H and O–H groups in total. The maximum atomic E-state index is 13.0. The molecule has 4 rings (SSSR count). The number of fused-ring (bicyclic) bond motifs is 3. The molecule has 8 heteroatoms. The third-order valence-electron chi connectivity index (χ3n) is 4.96. The van der Waals surface area contributed by atoms with Crippen LogP contribution in [-0.4, -0.2) is 15.0 Å². The van der Waals surface area contributed by atoms with E-state index in [1.54, 1.807) is 48.0 Å². The first-order valence-corrected chi connectivity index (χ1v) is 9.17. The van der Waals surface area contributed by atoms with E-state index < -0.39 is 0 Å². The summed E-state index contributed by atoms with van der Waals surface area (Å²) in [7, 11) is 3.59. The smallest absolute Gasteiger partial charge is 0.265 e. The molecule has 1 amide bonds. The molecule has 2 heterocycles. The minimum atomic E-state index is -0.385. The standard InChI is InChI=1S/C20H16Cl2N4O2/c1-25-17-6-3-10(18(27)24-23)7-13(17)14-9-15(20(28)26(2)19(14)25)12-5-4-11(21)8-16(12)22/h3-9H,23H2,1-2H3,(H,24,27). The number of nitrogens with one attached hydrogen (secondary N) is 1. The van der Waals surface area contributed by atoms with Gasteiger partial charge in [0.1, 0.15) is 5.65 Å². The molecular formula is C20H16Cl2N4O2. The fourth-order valence-corrected chi connectivity index (χ4v) is 4.13. The van der Waals surface area contributed by atoms with Crippen LogP contribution in [0.25, 0.3) is 33.1 Å². The molecule has 0 spiro atoms. The largest absolute Gasteiger partial charge is 0.330 e. The Hall–Kier alpha value is -2.80. The van der Waals surface area contributed by atoms with E-state index in [1.807, 2.05) is 17.7 Å². The normalized spacial score (nSPS) is 11.3. The predicted molar refractivity (Wildman–Crippen MR) is 113 cm³/mol. The lowest BCUT2D eigenvalue weighted by atomic mass is 10.0. The number of rotatable bonds is 2. The number of carbonyl (C=O) groups is 1. The van der Waals surface area contributed by atoms with Gasteiger partial charge in [-0.3, -0.25) is 19.6 Å². The number of aromatic nitrogens is 2. The van der Waals surface area contributed by atoms with Gasteiger partial charge < -0.3 is 4.57 Å². The average Bonchev–Trinajstić information content (AvgIpc) is 2.96. The van der Waals surface area contributed by atoms with Crippen molar-refractivity contribution in [2.75, 3.05) is 0 Å². The van der Waals surface area contributed by atoms with Gasteiger partial charge in [-0.25, -0.2) is 5.84 Å².